The molecule has 0 bridgehead atoms. The normalized spacial score (nSPS) is 30.4. The van der Waals surface area contributed by atoms with E-state index in [0.717, 1.165) is 0 Å². The van der Waals surface area contributed by atoms with Crippen LogP contribution in [0.15, 0.2) is 0 Å². The molecule has 4 heteroatoms. The molecule has 2 N–H and O–H groups in total. The summed E-state index contributed by atoms with van der Waals surface area (Å²) in [7, 11) is 1.38. The average molecular weight is 159 g/mol. The molecule has 1 aliphatic rings. The minimum absolute atomic E-state index is 0.0686. The number of hydrogen-bond donors (Lipinski definition) is 2. The summed E-state index contributed by atoms with van der Waals surface area (Å²) in [6.07, 6.45) is 0.684. The molecular formula is C7H13NO3. The number of hydrogen-bond acceptors (Lipinski definition) is 4. The molecule has 64 valence electrons. The lowest BCUT2D eigenvalue weighted by atomic mass is 10.1. The number of methoxy groups -OCH3 is 1. The van der Waals surface area contributed by atoms with Gasteiger partial charge in [-0.1, -0.05) is 0 Å². The number of ether oxygens (including phenoxy) is 1. The Kier molecular flexibility index (Phi) is 2.84. The van der Waals surface area contributed by atoms with Gasteiger partial charge in [-0.15, -0.1) is 0 Å². The van der Waals surface area contributed by atoms with Crippen molar-refractivity contribution in [2.75, 3.05) is 20.3 Å². The van der Waals surface area contributed by atoms with Crippen LogP contribution in [-0.4, -0.2) is 37.4 Å². The Labute approximate surface area is 65.5 Å². The van der Waals surface area contributed by atoms with Gasteiger partial charge in [-0.25, -0.2) is 0 Å². The Morgan fingerprint density at radius 1 is 1.82 bits per heavy atom. The number of carbonyl (C=O) groups is 1. The number of nitrogens with one attached hydrogen (secondary N) is 1. The van der Waals surface area contributed by atoms with E-state index in [0.29, 0.717) is 13.0 Å². The maximum atomic E-state index is 10.9. The quantitative estimate of drug-likeness (QED) is 0.514. The van der Waals surface area contributed by atoms with Crippen LogP contribution in [0.1, 0.15) is 6.42 Å². The summed E-state index contributed by atoms with van der Waals surface area (Å²) in [4.78, 5) is 10.9. The molecule has 4 nitrogen and oxygen atoms in total. The highest BCUT2D eigenvalue weighted by Gasteiger charge is 2.29. The Hall–Kier alpha value is -0.610. The predicted octanol–water partition coefficient (Wildman–Crippen LogP) is -0.870. The number of aliphatic hydroxyl groups excluding tert-OH is 1. The Bertz CT molecular complexity index is 149. The molecule has 0 amide bonds. The average Bonchev–Trinajstić information content (AvgIpc) is 2.50. The Morgan fingerprint density at radius 2 is 2.55 bits per heavy atom. The van der Waals surface area contributed by atoms with Crippen molar-refractivity contribution in [3.8, 4) is 0 Å². The third-order valence-corrected chi connectivity index (χ3v) is 1.98. The second-order valence-corrected chi connectivity index (χ2v) is 2.74. The van der Waals surface area contributed by atoms with Gasteiger partial charge in [-0.2, -0.15) is 0 Å². The van der Waals surface area contributed by atoms with Gasteiger partial charge in [0.1, 0.15) is 0 Å². The fourth-order valence-corrected chi connectivity index (χ4v) is 1.30. The fraction of sp³-hybridized carbons (Fsp3) is 0.857. The molecule has 2 unspecified atom stereocenters. The first-order valence-corrected chi connectivity index (χ1v) is 3.70. The van der Waals surface area contributed by atoms with Gasteiger partial charge < -0.3 is 15.2 Å². The number of esters is 1. The summed E-state index contributed by atoms with van der Waals surface area (Å²) in [5.74, 6) is -0.259. The minimum Gasteiger partial charge on any atom is -0.469 e. The van der Waals surface area contributed by atoms with Crippen molar-refractivity contribution in [1.29, 1.82) is 0 Å². The van der Waals surface area contributed by atoms with E-state index in [1.807, 2.05) is 0 Å². The molecule has 0 radical (unpaired) electrons. The van der Waals surface area contributed by atoms with E-state index >= 15 is 0 Å². The van der Waals surface area contributed by atoms with E-state index < -0.39 is 0 Å². The fourth-order valence-electron chi connectivity index (χ4n) is 1.30. The summed E-state index contributed by atoms with van der Waals surface area (Å²) in [6.45, 7) is 0.714. The van der Waals surface area contributed by atoms with Crippen molar-refractivity contribution >= 4 is 5.97 Å². The van der Waals surface area contributed by atoms with E-state index in [1.165, 1.54) is 7.11 Å². The highest BCUT2D eigenvalue weighted by atomic mass is 16.5. The van der Waals surface area contributed by atoms with Gasteiger partial charge in [0, 0.05) is 12.6 Å². The third kappa shape index (κ3) is 1.91. The van der Waals surface area contributed by atoms with Gasteiger partial charge in [0.05, 0.1) is 19.6 Å². The molecule has 0 aromatic carbocycles. The molecule has 1 aliphatic heterocycles. The second kappa shape index (κ2) is 3.69. The molecule has 0 saturated carbocycles. The highest BCUT2D eigenvalue weighted by Crippen LogP contribution is 2.14. The lowest BCUT2D eigenvalue weighted by molar-refractivity contribution is -0.144. The smallest absolute Gasteiger partial charge is 0.310 e. The van der Waals surface area contributed by atoms with E-state index in [1.54, 1.807) is 0 Å². The van der Waals surface area contributed by atoms with E-state index in [4.69, 9.17) is 5.11 Å². The zero-order valence-corrected chi connectivity index (χ0v) is 6.54. The van der Waals surface area contributed by atoms with Crippen molar-refractivity contribution in [2.45, 2.75) is 12.5 Å². The van der Waals surface area contributed by atoms with Gasteiger partial charge in [0.2, 0.25) is 0 Å². The summed E-state index contributed by atoms with van der Waals surface area (Å²) in [6, 6.07) is 0.0686. The van der Waals surface area contributed by atoms with Crippen LogP contribution >= 0.6 is 0 Å². The molecule has 1 fully saturated rings. The molecule has 0 spiro atoms. The molecule has 11 heavy (non-hydrogen) atoms. The zero-order chi connectivity index (χ0) is 8.27. The standard InChI is InChI=1S/C7H13NO3/c1-11-7(10)5-2-6(4-9)8-3-5/h5-6,8-9H,2-4H2,1H3. The van der Waals surface area contributed by atoms with Gasteiger partial charge in [0.25, 0.3) is 0 Å². The van der Waals surface area contributed by atoms with Gasteiger partial charge in [-0.05, 0) is 6.42 Å². The summed E-state index contributed by atoms with van der Waals surface area (Å²) >= 11 is 0. The van der Waals surface area contributed by atoms with Crippen molar-refractivity contribution < 1.29 is 14.6 Å². The SMILES string of the molecule is COC(=O)C1CNC(CO)C1. The number of rotatable bonds is 2. The van der Waals surface area contributed by atoms with Crippen LogP contribution in [0.5, 0.6) is 0 Å². The number of carbonyl (C=O) groups excluding carboxylic acids is 1. The topological polar surface area (TPSA) is 58.6 Å². The van der Waals surface area contributed by atoms with Crippen molar-refractivity contribution in [3.05, 3.63) is 0 Å². The highest BCUT2D eigenvalue weighted by molar-refractivity contribution is 5.73. The summed E-state index contributed by atoms with van der Waals surface area (Å²) in [5, 5.41) is 11.7. The summed E-state index contributed by atoms with van der Waals surface area (Å²) in [5.41, 5.74) is 0. The Morgan fingerprint density at radius 3 is 3.00 bits per heavy atom. The zero-order valence-electron chi connectivity index (χ0n) is 6.54. The van der Waals surface area contributed by atoms with Crippen LogP contribution in [0.25, 0.3) is 0 Å². The van der Waals surface area contributed by atoms with Crippen LogP contribution in [0.3, 0.4) is 0 Å². The van der Waals surface area contributed by atoms with Crippen LogP contribution in [-0.2, 0) is 9.53 Å². The maximum Gasteiger partial charge on any atom is 0.310 e. The van der Waals surface area contributed by atoms with Crippen LogP contribution in [0.2, 0.25) is 0 Å². The van der Waals surface area contributed by atoms with Gasteiger partial charge in [0.15, 0.2) is 0 Å². The molecule has 2 atom stereocenters. The third-order valence-electron chi connectivity index (χ3n) is 1.98. The monoisotopic (exact) mass is 159 g/mol. The predicted molar refractivity (Wildman–Crippen MR) is 39.0 cm³/mol. The van der Waals surface area contributed by atoms with Crippen molar-refractivity contribution in [3.63, 3.8) is 0 Å². The first-order chi connectivity index (χ1) is 5.27. The van der Waals surface area contributed by atoms with Gasteiger partial charge >= 0.3 is 5.97 Å². The van der Waals surface area contributed by atoms with E-state index in [2.05, 4.69) is 10.1 Å². The molecular weight excluding hydrogens is 146 g/mol. The molecule has 1 rings (SSSR count). The van der Waals surface area contributed by atoms with Gasteiger partial charge in [-0.3, -0.25) is 4.79 Å². The molecule has 1 saturated heterocycles. The van der Waals surface area contributed by atoms with Crippen molar-refractivity contribution in [1.82, 2.24) is 5.32 Å². The maximum absolute atomic E-state index is 10.9. The first kappa shape index (κ1) is 8.49. The molecule has 1 heterocycles. The largest absolute Gasteiger partial charge is 0.469 e. The Balaban J connectivity index is 2.35. The van der Waals surface area contributed by atoms with Crippen molar-refractivity contribution in [2.24, 2.45) is 5.92 Å². The van der Waals surface area contributed by atoms with Crippen LogP contribution in [0.4, 0.5) is 0 Å². The molecule has 0 aromatic heterocycles. The van der Waals surface area contributed by atoms with E-state index in [9.17, 15) is 4.79 Å². The molecule has 0 aromatic rings. The summed E-state index contributed by atoms with van der Waals surface area (Å²) < 4.78 is 4.57. The minimum atomic E-state index is -0.187. The lowest BCUT2D eigenvalue weighted by Crippen LogP contribution is -2.24. The molecule has 0 aliphatic carbocycles. The number of aliphatic hydroxyl groups is 1. The second-order valence-electron chi connectivity index (χ2n) is 2.74. The first-order valence-electron chi connectivity index (χ1n) is 3.70. The lowest BCUT2D eigenvalue weighted by Gasteiger charge is -2.04. The van der Waals surface area contributed by atoms with Crippen LogP contribution in [0, 0.1) is 5.92 Å². The van der Waals surface area contributed by atoms with Crippen LogP contribution < -0.4 is 5.32 Å². The van der Waals surface area contributed by atoms with E-state index in [-0.39, 0.29) is 24.5 Å².